The highest BCUT2D eigenvalue weighted by atomic mass is 15.0. The van der Waals surface area contributed by atoms with Crippen LogP contribution < -0.4 is 0 Å². The van der Waals surface area contributed by atoms with Gasteiger partial charge in [-0.1, -0.05) is 188 Å². The van der Waals surface area contributed by atoms with Crippen LogP contribution in [0.15, 0.2) is 200 Å². The molecule has 0 unspecified atom stereocenters. The Morgan fingerprint density at radius 2 is 0.722 bits per heavy atom. The van der Waals surface area contributed by atoms with Crippen molar-refractivity contribution in [2.45, 2.75) is 0 Å². The quantitative estimate of drug-likeness (QED) is 0.175. The minimum absolute atomic E-state index is 0.628. The van der Waals surface area contributed by atoms with E-state index in [0.29, 0.717) is 17.5 Å². The summed E-state index contributed by atoms with van der Waals surface area (Å²) in [6, 6.07) is 70.6. The van der Waals surface area contributed by atoms with E-state index in [1.807, 2.05) is 0 Å². The summed E-state index contributed by atoms with van der Waals surface area (Å²) < 4.78 is 0. The van der Waals surface area contributed by atoms with Crippen LogP contribution in [0.5, 0.6) is 0 Å². The van der Waals surface area contributed by atoms with Gasteiger partial charge in [0.1, 0.15) is 0 Å². The van der Waals surface area contributed by atoms with E-state index in [1.165, 1.54) is 38.1 Å². The number of hydrogen-bond acceptors (Lipinski definition) is 3. The predicted octanol–water partition coefficient (Wildman–Crippen LogP) is 13.3. The van der Waals surface area contributed by atoms with Gasteiger partial charge in [-0.25, -0.2) is 15.0 Å². The summed E-state index contributed by atoms with van der Waals surface area (Å²) in [5.74, 6) is 1.90. The predicted molar refractivity (Wildman–Crippen MR) is 225 cm³/mol. The molecule has 10 aromatic rings. The number of hydrogen-bond donors (Lipinski definition) is 0. The van der Waals surface area contributed by atoms with Crippen molar-refractivity contribution >= 4 is 32.3 Å². The van der Waals surface area contributed by atoms with Gasteiger partial charge in [0.25, 0.3) is 0 Å². The highest BCUT2D eigenvalue weighted by Gasteiger charge is 2.18. The van der Waals surface area contributed by atoms with Crippen molar-refractivity contribution < 1.29 is 0 Å². The van der Waals surface area contributed by atoms with Crippen LogP contribution in [0.25, 0.3) is 99.9 Å². The Hall–Kier alpha value is -7.23. The third-order valence-electron chi connectivity index (χ3n) is 10.3. The van der Waals surface area contributed by atoms with E-state index < -0.39 is 0 Å². The van der Waals surface area contributed by atoms with Crippen molar-refractivity contribution in [3.63, 3.8) is 0 Å². The van der Waals surface area contributed by atoms with Gasteiger partial charge in [0.05, 0.1) is 0 Å². The molecule has 3 nitrogen and oxygen atoms in total. The van der Waals surface area contributed by atoms with Gasteiger partial charge in [-0.15, -0.1) is 0 Å². The molecule has 0 radical (unpaired) electrons. The maximum absolute atomic E-state index is 5.26. The Labute approximate surface area is 313 Å². The van der Waals surface area contributed by atoms with Crippen LogP contribution in [0, 0.1) is 0 Å². The summed E-state index contributed by atoms with van der Waals surface area (Å²) in [4.78, 5) is 15.7. The molecular formula is C51H33N3. The topological polar surface area (TPSA) is 38.7 Å². The van der Waals surface area contributed by atoms with Gasteiger partial charge < -0.3 is 0 Å². The van der Waals surface area contributed by atoms with Crippen LogP contribution in [0.4, 0.5) is 0 Å². The normalized spacial score (nSPS) is 11.3. The van der Waals surface area contributed by atoms with Crippen LogP contribution in [-0.2, 0) is 0 Å². The Morgan fingerprint density at radius 1 is 0.222 bits per heavy atom. The van der Waals surface area contributed by atoms with Crippen molar-refractivity contribution in [3.05, 3.63) is 200 Å². The SMILES string of the molecule is c1ccc(-c2ccc(-c3cccc(-c4nc(-c5ccc6ccccc6c5)nc(-c5ccccc5-c5cccc6ccccc56)n4)c3)c3ccccc23)cc1. The molecule has 0 saturated heterocycles. The van der Waals surface area contributed by atoms with E-state index in [0.717, 1.165) is 44.3 Å². The standard InChI is InChI=1S/C51H33N3/c1-2-15-35(16-3-1)42-30-31-43(45-24-9-8-23-44(42)45)38-20-12-21-39(33-38)49-52-50(40-29-28-34-14-4-5-18-37(34)32-40)54-51(53-49)48-26-11-10-25-47(48)46-27-13-19-36-17-6-7-22-41(36)46/h1-33H. The van der Waals surface area contributed by atoms with E-state index in [-0.39, 0.29) is 0 Å². The minimum atomic E-state index is 0.628. The molecule has 10 rings (SSSR count). The number of fused-ring (bicyclic) bond motifs is 3. The molecule has 252 valence electrons. The summed E-state index contributed by atoms with van der Waals surface area (Å²) in [7, 11) is 0. The molecule has 0 N–H and O–H groups in total. The molecule has 0 aliphatic heterocycles. The molecule has 54 heavy (non-hydrogen) atoms. The van der Waals surface area contributed by atoms with Crippen LogP contribution in [0.3, 0.4) is 0 Å². The van der Waals surface area contributed by atoms with Gasteiger partial charge in [-0.2, -0.15) is 0 Å². The maximum atomic E-state index is 5.26. The van der Waals surface area contributed by atoms with Crippen molar-refractivity contribution in [1.29, 1.82) is 0 Å². The maximum Gasteiger partial charge on any atom is 0.164 e. The lowest BCUT2D eigenvalue weighted by Gasteiger charge is -2.15. The smallest absolute Gasteiger partial charge is 0.164 e. The molecule has 9 aromatic carbocycles. The number of aromatic nitrogens is 3. The highest BCUT2D eigenvalue weighted by molar-refractivity contribution is 6.05. The summed E-state index contributed by atoms with van der Waals surface area (Å²) in [5.41, 5.74) is 9.75. The van der Waals surface area contributed by atoms with E-state index in [1.54, 1.807) is 0 Å². The summed E-state index contributed by atoms with van der Waals surface area (Å²) >= 11 is 0. The second kappa shape index (κ2) is 13.4. The van der Waals surface area contributed by atoms with Gasteiger partial charge >= 0.3 is 0 Å². The first-order valence-corrected chi connectivity index (χ1v) is 18.3. The third-order valence-corrected chi connectivity index (χ3v) is 10.3. The zero-order chi connectivity index (χ0) is 35.8. The minimum Gasteiger partial charge on any atom is -0.208 e. The van der Waals surface area contributed by atoms with Crippen LogP contribution >= 0.6 is 0 Å². The monoisotopic (exact) mass is 687 g/mol. The zero-order valence-electron chi connectivity index (χ0n) is 29.4. The van der Waals surface area contributed by atoms with Gasteiger partial charge in [-0.3, -0.25) is 0 Å². The van der Waals surface area contributed by atoms with Crippen molar-refractivity contribution in [2.75, 3.05) is 0 Å². The number of nitrogens with zero attached hydrogens (tertiary/aromatic N) is 3. The van der Waals surface area contributed by atoms with Crippen LogP contribution in [0.2, 0.25) is 0 Å². The molecule has 0 fully saturated rings. The van der Waals surface area contributed by atoms with Gasteiger partial charge in [-0.05, 0) is 77.8 Å². The van der Waals surface area contributed by atoms with Crippen molar-refractivity contribution in [3.8, 4) is 67.5 Å². The van der Waals surface area contributed by atoms with Crippen molar-refractivity contribution in [1.82, 2.24) is 15.0 Å². The van der Waals surface area contributed by atoms with E-state index in [4.69, 9.17) is 15.0 Å². The fourth-order valence-corrected chi connectivity index (χ4v) is 7.70. The van der Waals surface area contributed by atoms with Gasteiger partial charge in [0, 0.05) is 16.7 Å². The fourth-order valence-electron chi connectivity index (χ4n) is 7.70. The first-order valence-electron chi connectivity index (χ1n) is 18.3. The number of benzene rings is 9. The molecular weight excluding hydrogens is 655 g/mol. The highest BCUT2D eigenvalue weighted by Crippen LogP contribution is 2.39. The molecule has 0 aliphatic carbocycles. The molecule has 0 atom stereocenters. The molecule has 0 bridgehead atoms. The van der Waals surface area contributed by atoms with E-state index in [9.17, 15) is 0 Å². The lowest BCUT2D eigenvalue weighted by molar-refractivity contribution is 1.07. The fraction of sp³-hybridized carbons (Fsp3) is 0. The molecule has 1 aromatic heterocycles. The molecule has 0 aliphatic rings. The summed E-state index contributed by atoms with van der Waals surface area (Å²) in [5, 5.41) is 7.12. The average molecular weight is 688 g/mol. The Bertz CT molecular complexity index is 3000. The number of rotatable bonds is 6. The molecule has 1 heterocycles. The Balaban J connectivity index is 1.16. The second-order valence-corrected chi connectivity index (χ2v) is 13.6. The molecule has 0 spiro atoms. The summed E-state index contributed by atoms with van der Waals surface area (Å²) in [6.45, 7) is 0. The lowest BCUT2D eigenvalue weighted by Crippen LogP contribution is -2.01. The Kier molecular flexibility index (Phi) is 7.81. The molecule has 0 saturated carbocycles. The Morgan fingerprint density at radius 3 is 1.50 bits per heavy atom. The molecule has 0 amide bonds. The lowest BCUT2D eigenvalue weighted by atomic mass is 9.91. The first kappa shape index (κ1) is 31.5. The van der Waals surface area contributed by atoms with E-state index >= 15 is 0 Å². The van der Waals surface area contributed by atoms with E-state index in [2.05, 4.69) is 200 Å². The van der Waals surface area contributed by atoms with Gasteiger partial charge in [0.15, 0.2) is 17.5 Å². The second-order valence-electron chi connectivity index (χ2n) is 13.6. The van der Waals surface area contributed by atoms with Crippen LogP contribution in [-0.4, -0.2) is 15.0 Å². The summed E-state index contributed by atoms with van der Waals surface area (Å²) in [6.07, 6.45) is 0. The van der Waals surface area contributed by atoms with Crippen LogP contribution in [0.1, 0.15) is 0 Å². The average Bonchev–Trinajstić information content (AvgIpc) is 3.26. The molecule has 3 heteroatoms. The first-order chi connectivity index (χ1) is 26.8. The van der Waals surface area contributed by atoms with Gasteiger partial charge in [0.2, 0.25) is 0 Å². The largest absolute Gasteiger partial charge is 0.208 e. The zero-order valence-corrected chi connectivity index (χ0v) is 29.4. The van der Waals surface area contributed by atoms with Crippen molar-refractivity contribution in [2.24, 2.45) is 0 Å². The third kappa shape index (κ3) is 5.69.